The number of rotatable bonds is 5. The Morgan fingerprint density at radius 2 is 2.24 bits per heavy atom. The van der Waals surface area contributed by atoms with Crippen LogP contribution in [-0.4, -0.2) is 30.1 Å². The molecule has 3 aromatic heterocycles. The summed E-state index contributed by atoms with van der Waals surface area (Å²) in [6.07, 6.45) is 11.1. The predicted octanol–water partition coefficient (Wildman–Crippen LogP) is 1.19. The maximum Gasteiger partial charge on any atom is 0.245 e. The summed E-state index contributed by atoms with van der Waals surface area (Å²) in [7, 11) is 0. The topological polar surface area (TPSA) is 77.1 Å². The smallest absolute Gasteiger partial charge is 0.245 e. The molecule has 3 heterocycles. The largest absolute Gasteiger partial charge is 0.349 e. The summed E-state index contributed by atoms with van der Waals surface area (Å²) >= 11 is 0. The summed E-state index contributed by atoms with van der Waals surface area (Å²) in [5.41, 5.74) is 1.68. The van der Waals surface area contributed by atoms with Gasteiger partial charge >= 0.3 is 0 Å². The van der Waals surface area contributed by atoms with Crippen molar-refractivity contribution in [3.8, 4) is 0 Å². The van der Waals surface area contributed by atoms with Crippen molar-refractivity contribution in [3.05, 3.63) is 48.9 Å². The number of nitrogens with zero attached hydrogens (tertiary/aromatic N) is 5. The second-order valence-electron chi connectivity index (χ2n) is 4.68. The molecule has 0 unspecified atom stereocenters. The molecular formula is C14H16N6O. The molecule has 108 valence electrons. The van der Waals surface area contributed by atoms with Crippen molar-refractivity contribution in [2.45, 2.75) is 25.9 Å². The minimum Gasteiger partial charge on any atom is -0.349 e. The van der Waals surface area contributed by atoms with Gasteiger partial charge in [-0.15, -0.1) is 0 Å². The number of amides is 1. The van der Waals surface area contributed by atoms with Gasteiger partial charge in [0.1, 0.15) is 6.04 Å². The van der Waals surface area contributed by atoms with Gasteiger partial charge in [0.2, 0.25) is 5.91 Å². The summed E-state index contributed by atoms with van der Waals surface area (Å²) in [6, 6.07) is 1.52. The summed E-state index contributed by atoms with van der Waals surface area (Å²) < 4.78 is 3.58. The quantitative estimate of drug-likeness (QED) is 0.763. The monoisotopic (exact) mass is 284 g/mol. The molecule has 7 nitrogen and oxygen atoms in total. The van der Waals surface area contributed by atoms with Crippen molar-refractivity contribution in [2.24, 2.45) is 0 Å². The molecule has 0 aromatic carbocycles. The minimum atomic E-state index is -0.291. The molecule has 21 heavy (non-hydrogen) atoms. The van der Waals surface area contributed by atoms with Crippen LogP contribution in [0.4, 0.5) is 0 Å². The number of hydrogen-bond acceptors (Lipinski definition) is 4. The molecular weight excluding hydrogens is 268 g/mol. The van der Waals surface area contributed by atoms with Crippen LogP contribution in [0, 0.1) is 0 Å². The second-order valence-corrected chi connectivity index (χ2v) is 4.68. The first-order valence-corrected chi connectivity index (χ1v) is 6.82. The first-order chi connectivity index (χ1) is 10.3. The molecule has 0 bridgehead atoms. The number of aromatic nitrogens is 5. The lowest BCUT2D eigenvalue weighted by Crippen LogP contribution is -2.32. The first kappa shape index (κ1) is 13.3. The SMILES string of the molecule is CC[C@@H](C(=O)NCc1cnc2cnccn12)n1cccn1. The summed E-state index contributed by atoms with van der Waals surface area (Å²) in [6.45, 7) is 2.38. The lowest BCUT2D eigenvalue weighted by atomic mass is 10.2. The van der Waals surface area contributed by atoms with E-state index >= 15 is 0 Å². The van der Waals surface area contributed by atoms with Crippen molar-refractivity contribution < 1.29 is 4.79 Å². The Balaban J connectivity index is 1.71. The molecule has 0 saturated carbocycles. The van der Waals surface area contributed by atoms with E-state index in [0.29, 0.717) is 13.0 Å². The lowest BCUT2D eigenvalue weighted by molar-refractivity contribution is -0.124. The van der Waals surface area contributed by atoms with Crippen LogP contribution in [0.2, 0.25) is 0 Å². The zero-order chi connectivity index (χ0) is 14.7. The Morgan fingerprint density at radius 3 is 3.00 bits per heavy atom. The maximum absolute atomic E-state index is 12.3. The Kier molecular flexibility index (Phi) is 3.63. The van der Waals surface area contributed by atoms with Crippen LogP contribution >= 0.6 is 0 Å². The van der Waals surface area contributed by atoms with Gasteiger partial charge in [0.05, 0.1) is 24.6 Å². The number of carbonyl (C=O) groups is 1. The van der Waals surface area contributed by atoms with E-state index in [9.17, 15) is 4.79 Å². The molecule has 0 aliphatic carbocycles. The van der Waals surface area contributed by atoms with Crippen LogP contribution in [0.15, 0.2) is 43.2 Å². The van der Waals surface area contributed by atoms with E-state index in [4.69, 9.17) is 0 Å². The molecule has 1 atom stereocenters. The number of imidazole rings is 1. The van der Waals surface area contributed by atoms with Crippen LogP contribution < -0.4 is 5.32 Å². The van der Waals surface area contributed by atoms with E-state index in [-0.39, 0.29) is 11.9 Å². The average molecular weight is 284 g/mol. The molecule has 7 heteroatoms. The fourth-order valence-electron chi connectivity index (χ4n) is 2.28. The fourth-order valence-corrected chi connectivity index (χ4v) is 2.28. The first-order valence-electron chi connectivity index (χ1n) is 6.82. The third kappa shape index (κ3) is 2.62. The van der Waals surface area contributed by atoms with E-state index in [2.05, 4.69) is 20.4 Å². The molecule has 1 N–H and O–H groups in total. The van der Waals surface area contributed by atoms with E-state index < -0.39 is 0 Å². The number of fused-ring (bicyclic) bond motifs is 1. The molecule has 0 aliphatic heterocycles. The molecule has 0 radical (unpaired) electrons. The molecule has 3 rings (SSSR count). The Hall–Kier alpha value is -2.70. The number of carbonyl (C=O) groups excluding carboxylic acids is 1. The van der Waals surface area contributed by atoms with E-state index in [1.54, 1.807) is 35.7 Å². The minimum absolute atomic E-state index is 0.0507. The van der Waals surface area contributed by atoms with E-state index in [1.807, 2.05) is 23.6 Å². The van der Waals surface area contributed by atoms with E-state index in [0.717, 1.165) is 11.3 Å². The van der Waals surface area contributed by atoms with Gasteiger partial charge in [-0.25, -0.2) is 4.98 Å². The number of hydrogen-bond donors (Lipinski definition) is 1. The van der Waals surface area contributed by atoms with Crippen LogP contribution in [0.25, 0.3) is 5.65 Å². The van der Waals surface area contributed by atoms with Crippen molar-refractivity contribution in [1.82, 2.24) is 29.5 Å². The molecule has 0 spiro atoms. The van der Waals surface area contributed by atoms with Crippen molar-refractivity contribution >= 4 is 11.6 Å². The van der Waals surface area contributed by atoms with Gasteiger partial charge in [-0.05, 0) is 12.5 Å². The van der Waals surface area contributed by atoms with Gasteiger partial charge in [0.25, 0.3) is 0 Å². The zero-order valence-electron chi connectivity index (χ0n) is 11.7. The van der Waals surface area contributed by atoms with E-state index in [1.165, 1.54) is 0 Å². The Morgan fingerprint density at radius 1 is 1.33 bits per heavy atom. The number of nitrogens with one attached hydrogen (secondary N) is 1. The van der Waals surface area contributed by atoms with Gasteiger partial charge in [0, 0.05) is 24.8 Å². The molecule has 0 aliphatic rings. The zero-order valence-corrected chi connectivity index (χ0v) is 11.7. The van der Waals surface area contributed by atoms with Crippen LogP contribution in [0.5, 0.6) is 0 Å². The highest BCUT2D eigenvalue weighted by atomic mass is 16.2. The van der Waals surface area contributed by atoms with Crippen molar-refractivity contribution in [2.75, 3.05) is 0 Å². The van der Waals surface area contributed by atoms with Crippen molar-refractivity contribution in [3.63, 3.8) is 0 Å². The highest BCUT2D eigenvalue weighted by molar-refractivity contribution is 5.80. The predicted molar refractivity (Wildman–Crippen MR) is 76.4 cm³/mol. The van der Waals surface area contributed by atoms with Crippen LogP contribution in [-0.2, 0) is 11.3 Å². The summed E-state index contributed by atoms with van der Waals surface area (Å²) in [4.78, 5) is 20.5. The third-order valence-electron chi connectivity index (χ3n) is 3.37. The van der Waals surface area contributed by atoms with Gasteiger partial charge in [0.15, 0.2) is 5.65 Å². The molecule has 0 saturated heterocycles. The normalized spacial score (nSPS) is 12.4. The van der Waals surface area contributed by atoms with Gasteiger partial charge in [-0.3, -0.25) is 18.9 Å². The highest BCUT2D eigenvalue weighted by Gasteiger charge is 2.18. The van der Waals surface area contributed by atoms with Crippen molar-refractivity contribution in [1.29, 1.82) is 0 Å². The Labute approximate surface area is 121 Å². The van der Waals surface area contributed by atoms with Crippen LogP contribution in [0.1, 0.15) is 25.1 Å². The highest BCUT2D eigenvalue weighted by Crippen LogP contribution is 2.10. The van der Waals surface area contributed by atoms with Gasteiger partial charge in [-0.2, -0.15) is 5.10 Å². The average Bonchev–Trinajstić information content (AvgIpc) is 3.15. The third-order valence-corrected chi connectivity index (χ3v) is 3.37. The fraction of sp³-hybridized carbons (Fsp3) is 0.286. The lowest BCUT2D eigenvalue weighted by Gasteiger charge is -2.15. The van der Waals surface area contributed by atoms with Crippen LogP contribution in [0.3, 0.4) is 0 Å². The standard InChI is InChI=1S/C14H16N6O/c1-2-12(20-6-3-4-18-20)14(21)17-9-11-8-16-13-10-15-5-7-19(11)13/h3-8,10,12H,2,9H2,1H3,(H,17,21)/t12-/m0/s1. The molecule has 1 amide bonds. The molecule has 3 aromatic rings. The summed E-state index contributed by atoms with van der Waals surface area (Å²) in [5, 5.41) is 7.07. The second kappa shape index (κ2) is 5.74. The maximum atomic E-state index is 12.3. The molecule has 0 fully saturated rings. The van der Waals surface area contributed by atoms with Gasteiger partial charge in [-0.1, -0.05) is 6.92 Å². The Bertz CT molecular complexity index is 733. The van der Waals surface area contributed by atoms with Gasteiger partial charge < -0.3 is 5.32 Å². The summed E-state index contributed by atoms with van der Waals surface area (Å²) in [5.74, 6) is -0.0507.